The maximum atomic E-state index is 13.8. The average molecular weight is 1970 g/mol. The van der Waals surface area contributed by atoms with Gasteiger partial charge in [-0.2, -0.15) is 0 Å². The van der Waals surface area contributed by atoms with E-state index in [1.807, 2.05) is 0 Å². The Morgan fingerprint density at radius 1 is 0.399 bits per heavy atom. The molecule has 0 radical (unpaired) electrons. The highest BCUT2D eigenvalue weighted by molar-refractivity contribution is 6.12. The van der Waals surface area contributed by atoms with E-state index in [0.29, 0.717) is 346 Å². The molecule has 0 fully saturated rings. The number of hydrogen-bond acceptors (Lipinski definition) is 37. The first-order valence-corrected chi connectivity index (χ1v) is 47.4. The van der Waals surface area contributed by atoms with E-state index in [0.717, 1.165) is 4.90 Å². The smallest absolute Gasteiger partial charge is 0.415 e. The minimum Gasteiger partial charge on any atom is -0.445 e. The summed E-state index contributed by atoms with van der Waals surface area (Å²) < 4.78 is 149. The Hall–Kier alpha value is -8.34. The number of nitrogens with one attached hydrogen (secondary N) is 3. The summed E-state index contributed by atoms with van der Waals surface area (Å²) in [4.78, 5) is 128. The molecule has 0 spiro atoms. The quantitative estimate of drug-likeness (QED) is 0.0345. The topological polar surface area (TPSA) is 496 Å². The van der Waals surface area contributed by atoms with Crippen LogP contribution >= 0.6 is 0 Å². The van der Waals surface area contributed by atoms with Gasteiger partial charge in [-0.15, -0.1) is 0 Å². The lowest BCUT2D eigenvalue weighted by Crippen LogP contribution is -2.45. The molecule has 1 unspecified atom stereocenters. The van der Waals surface area contributed by atoms with E-state index in [-0.39, 0.29) is 113 Å². The van der Waals surface area contributed by atoms with Gasteiger partial charge in [0.25, 0.3) is 11.8 Å². The molecule has 44 nitrogen and oxygen atoms in total. The second kappa shape index (κ2) is 85.4. The number of rotatable bonds is 97. The average Bonchev–Trinajstić information content (AvgIpc) is 1.14. The molecule has 0 saturated heterocycles. The monoisotopic (exact) mass is 1970 g/mol. The van der Waals surface area contributed by atoms with Gasteiger partial charge in [-0.1, -0.05) is 26.0 Å². The number of nitrogens with two attached hydrogens (primary N) is 1. The molecule has 786 valence electrons. The highest BCUT2D eigenvalue weighted by atomic mass is 16.6. The first-order chi connectivity index (χ1) is 67.4. The Kier molecular flexibility index (Phi) is 75.5. The zero-order chi connectivity index (χ0) is 99.2. The number of amides is 8. The minimum absolute atomic E-state index is 0.0124. The highest BCUT2D eigenvalue weighted by Gasteiger charge is 2.30. The molecule has 1 aliphatic heterocycles. The predicted octanol–water partition coefficient (Wildman–Crippen LogP) is 4.44. The lowest BCUT2D eigenvalue weighted by atomic mass is 9.89. The van der Waals surface area contributed by atoms with Crippen LogP contribution in [-0.2, 0) is 154 Å². The molecular weight excluding hydrogens is 1820 g/mol. The van der Waals surface area contributed by atoms with E-state index in [9.17, 15) is 47.9 Å². The third kappa shape index (κ3) is 67.9. The molecule has 2 aromatic carbocycles. The molecule has 1 aliphatic rings. The fourth-order valence-corrected chi connectivity index (χ4v) is 12.0. The fourth-order valence-electron chi connectivity index (χ4n) is 12.0. The molecule has 138 heavy (non-hydrogen) atoms. The van der Waals surface area contributed by atoms with Crippen molar-refractivity contribution in [2.75, 3.05) is 363 Å². The Labute approximate surface area is 809 Å². The van der Waals surface area contributed by atoms with Crippen LogP contribution in [0.5, 0.6) is 5.75 Å². The molecule has 0 saturated carbocycles. The van der Waals surface area contributed by atoms with Crippen molar-refractivity contribution in [3.63, 3.8) is 0 Å². The van der Waals surface area contributed by atoms with Crippen LogP contribution in [0.25, 0.3) is 11.0 Å². The fraction of sp³-hybridized carbons (Fsp3) is 0.723. The van der Waals surface area contributed by atoms with Gasteiger partial charge in [0.15, 0.2) is 5.78 Å². The Balaban J connectivity index is 0.776. The van der Waals surface area contributed by atoms with E-state index >= 15 is 0 Å². The number of hydrogen-bond donors (Lipinski definition) is 4. The van der Waals surface area contributed by atoms with Gasteiger partial charge in [0.05, 0.1) is 317 Å². The summed E-state index contributed by atoms with van der Waals surface area (Å²) in [5.41, 5.74) is 6.01. The van der Waals surface area contributed by atoms with Crippen LogP contribution in [0.3, 0.4) is 0 Å². The van der Waals surface area contributed by atoms with Crippen molar-refractivity contribution in [1.29, 1.82) is 0 Å². The van der Waals surface area contributed by atoms with Crippen LogP contribution in [0.15, 0.2) is 76.0 Å². The second-order valence-corrected chi connectivity index (χ2v) is 30.8. The van der Waals surface area contributed by atoms with Crippen LogP contribution in [0.1, 0.15) is 70.8 Å². The molecule has 0 bridgehead atoms. The number of benzene rings is 2. The number of nitrogens with zero attached hydrogens (tertiary/aromatic N) is 3. The largest absolute Gasteiger partial charge is 0.445 e. The van der Waals surface area contributed by atoms with Crippen molar-refractivity contribution >= 4 is 70.1 Å². The van der Waals surface area contributed by atoms with Crippen LogP contribution in [0, 0.1) is 11.8 Å². The molecular formula is C94H153N7O37. The van der Waals surface area contributed by atoms with E-state index in [1.165, 1.54) is 48.2 Å². The lowest BCUT2D eigenvalue weighted by Gasteiger charge is -2.24. The van der Waals surface area contributed by atoms with Gasteiger partial charge in [0, 0.05) is 114 Å². The van der Waals surface area contributed by atoms with E-state index in [2.05, 4.69) is 16.0 Å². The zero-order valence-electron chi connectivity index (χ0n) is 81.2. The number of carbonyl (C=O) groups excluding carboxylic acids is 9. The number of urea groups is 1. The predicted molar refractivity (Wildman–Crippen MR) is 499 cm³/mol. The Bertz CT molecular complexity index is 3710. The van der Waals surface area contributed by atoms with Crippen molar-refractivity contribution < 1.29 is 171 Å². The number of ether oxygens (including phenoxy) is 26. The summed E-state index contributed by atoms with van der Waals surface area (Å²) in [7, 11) is 3.02. The van der Waals surface area contributed by atoms with Crippen molar-refractivity contribution in [3.8, 4) is 5.75 Å². The second-order valence-electron chi connectivity index (χ2n) is 30.8. The van der Waals surface area contributed by atoms with Gasteiger partial charge in [-0.3, -0.25) is 33.7 Å². The number of fused-ring (bicyclic) bond motifs is 1. The molecule has 44 heteroatoms. The van der Waals surface area contributed by atoms with E-state index < -0.39 is 47.6 Å². The van der Waals surface area contributed by atoms with Crippen molar-refractivity contribution in [3.05, 3.63) is 82.7 Å². The molecule has 4 rings (SSSR count). The highest BCUT2D eigenvalue weighted by Crippen LogP contribution is 2.23. The maximum Gasteiger partial charge on any atom is 0.415 e. The number of ketones is 2. The normalized spacial score (nSPS) is 12.5. The third-order valence-corrected chi connectivity index (χ3v) is 19.5. The van der Waals surface area contributed by atoms with Gasteiger partial charge < -0.3 is 159 Å². The molecule has 2 heterocycles. The summed E-state index contributed by atoms with van der Waals surface area (Å²) in [5.74, 6) is -2.72. The Morgan fingerprint density at radius 3 is 1.10 bits per heavy atom. The molecule has 0 aliphatic carbocycles. The number of anilines is 1. The zero-order valence-corrected chi connectivity index (χ0v) is 81.2. The van der Waals surface area contributed by atoms with Gasteiger partial charge in [-0.05, 0) is 67.5 Å². The summed E-state index contributed by atoms with van der Waals surface area (Å²) in [6, 6.07) is 12.5. The summed E-state index contributed by atoms with van der Waals surface area (Å²) >= 11 is 0. The van der Waals surface area contributed by atoms with Crippen LogP contribution in [0.4, 0.5) is 20.1 Å². The summed E-state index contributed by atoms with van der Waals surface area (Å²) in [6.07, 6.45) is 3.29. The molecule has 8 amide bonds. The van der Waals surface area contributed by atoms with Crippen LogP contribution in [-0.4, -0.2) is 432 Å². The maximum absolute atomic E-state index is 13.8. The van der Waals surface area contributed by atoms with Crippen molar-refractivity contribution in [2.45, 2.75) is 77.9 Å². The molecule has 1 aromatic heterocycles. The van der Waals surface area contributed by atoms with Crippen LogP contribution in [0.2, 0.25) is 0 Å². The third-order valence-electron chi connectivity index (χ3n) is 19.5. The minimum atomic E-state index is -0.888. The molecule has 2 atom stereocenters. The van der Waals surface area contributed by atoms with Gasteiger partial charge >= 0.3 is 23.8 Å². The number of imide groups is 1. The number of Topliss-reactive ketones (excluding diaryl/α,β-unsaturated/α-hetero) is 2. The molecule has 3 aromatic rings. The lowest BCUT2D eigenvalue weighted by molar-refractivity contribution is -0.137. The van der Waals surface area contributed by atoms with Gasteiger partial charge in [-0.25, -0.2) is 19.2 Å². The van der Waals surface area contributed by atoms with E-state index in [1.54, 1.807) is 56.3 Å². The SMILES string of the molecule is CC(C)C(NC(=O)CCOCCOCCOCCOCCOCCOCCOCCOCCOCCOCCOCCOCCOCCOCCOCCOCCOCCOCCOCCOCCOCCOCCOCCOCCCC(=O)CCCN1C(=O)C=CC1=O)C(=O)C[C@@H](CCCNC(N)=O)C(=O)Nc1ccc(COC(=O)N(C)CCN(C)C(=O)Oc2ccc3ccc(=O)oc3c2)cc1. The number of likely N-dealkylation sites (N-methyl/N-ethyl adjacent to an activating group) is 2. The Morgan fingerprint density at radius 2 is 0.739 bits per heavy atom. The summed E-state index contributed by atoms with van der Waals surface area (Å²) in [5, 5.41) is 8.82. The van der Waals surface area contributed by atoms with Gasteiger partial charge in [0.1, 0.15) is 23.7 Å². The van der Waals surface area contributed by atoms with Crippen LogP contribution < -0.4 is 32.0 Å². The van der Waals surface area contributed by atoms with Crippen molar-refractivity contribution in [2.24, 2.45) is 17.6 Å². The summed E-state index contributed by atoms with van der Waals surface area (Å²) in [6.45, 7) is 24.6. The first-order valence-electron chi connectivity index (χ1n) is 47.4. The first kappa shape index (κ1) is 122. The van der Waals surface area contributed by atoms with Gasteiger partial charge in [0.2, 0.25) is 11.8 Å². The number of primary amides is 1. The standard InChI is InChI=1S/C94H153N7O37/c1-77(2)90(84(103)74-80(8-5-22-96-92(95)109)91(108)97-81-15-11-78(12-16-81)76-136-93(110)99(3)24-25-100(4)94(111)137-83-17-13-79-14-20-89(107)138-85(79)75-83)98-86(104)21-27-113-29-31-115-33-35-117-37-39-119-41-43-121-45-47-123-49-51-125-53-55-127-57-59-129-61-63-131-65-67-133-69-71-135-73-72-134-70-68-132-66-64-130-62-60-128-58-56-126-54-52-124-50-48-122-46-44-120-42-40-118-38-36-116-34-32-114-30-28-112-26-7-10-82(102)9-6-23-101-87(105)18-19-88(101)106/h11-20,75,77,80,90H,5-10,21-74,76H2,1-4H3,(H,97,108)(H,98,104)(H3,95,96,109)/t80-,90?/m1/s1. The molecule has 5 N–H and O–H groups in total. The number of carbonyl (C=O) groups is 9. The van der Waals surface area contributed by atoms with E-state index in [4.69, 9.17) is 133 Å². The van der Waals surface area contributed by atoms with Crippen molar-refractivity contribution in [1.82, 2.24) is 25.3 Å².